The van der Waals surface area contributed by atoms with Crippen molar-refractivity contribution in [2.24, 2.45) is 0 Å². The van der Waals surface area contributed by atoms with Crippen LogP contribution in [0.15, 0.2) is 64.0 Å². The van der Waals surface area contributed by atoms with Crippen molar-refractivity contribution < 1.29 is 4.79 Å². The minimum atomic E-state index is -0.0721. The topological polar surface area (TPSA) is 20.3 Å². The third-order valence-corrected chi connectivity index (χ3v) is 5.46. The molecule has 1 saturated heterocycles. The number of rotatable bonds is 3. The lowest BCUT2D eigenvalue weighted by molar-refractivity contribution is -0.123. The molecule has 1 fully saturated rings. The molecule has 1 amide bonds. The summed E-state index contributed by atoms with van der Waals surface area (Å²) in [6.07, 6.45) is 1.89. The van der Waals surface area contributed by atoms with Crippen molar-refractivity contribution in [3.05, 3.63) is 75.1 Å². The molecule has 1 heterocycles. The number of amides is 1. The van der Waals surface area contributed by atoms with Crippen molar-refractivity contribution in [2.75, 3.05) is 0 Å². The van der Waals surface area contributed by atoms with E-state index in [1.807, 2.05) is 67.6 Å². The first-order valence-corrected chi connectivity index (χ1v) is 9.15. The van der Waals surface area contributed by atoms with E-state index in [9.17, 15) is 4.79 Å². The highest BCUT2D eigenvalue weighted by Gasteiger charge is 2.35. The normalized spacial score (nSPS) is 17.8. The van der Waals surface area contributed by atoms with Crippen LogP contribution < -0.4 is 0 Å². The molecular formula is C18H14BrNOS2. The fourth-order valence-electron chi connectivity index (χ4n) is 2.44. The summed E-state index contributed by atoms with van der Waals surface area (Å²) in [5.41, 5.74) is 2.06. The van der Waals surface area contributed by atoms with Gasteiger partial charge in [-0.15, -0.1) is 0 Å². The summed E-state index contributed by atoms with van der Waals surface area (Å²) in [4.78, 5) is 15.1. The van der Waals surface area contributed by atoms with Gasteiger partial charge in [-0.25, -0.2) is 0 Å². The van der Waals surface area contributed by atoms with Gasteiger partial charge in [0, 0.05) is 4.47 Å². The first-order valence-electron chi connectivity index (χ1n) is 7.14. The fraction of sp³-hybridized carbons (Fsp3) is 0.111. The second kappa shape index (κ2) is 6.99. The average molecular weight is 404 g/mol. The average Bonchev–Trinajstić information content (AvgIpc) is 2.81. The van der Waals surface area contributed by atoms with Crippen LogP contribution in [0.5, 0.6) is 0 Å². The van der Waals surface area contributed by atoms with Crippen molar-refractivity contribution in [1.82, 2.24) is 4.90 Å². The Morgan fingerprint density at radius 3 is 2.61 bits per heavy atom. The van der Waals surface area contributed by atoms with Gasteiger partial charge in [-0.3, -0.25) is 9.69 Å². The van der Waals surface area contributed by atoms with Gasteiger partial charge in [0.1, 0.15) is 4.32 Å². The van der Waals surface area contributed by atoms with Crippen molar-refractivity contribution in [3.8, 4) is 0 Å². The van der Waals surface area contributed by atoms with Crippen LogP contribution in [0.1, 0.15) is 24.1 Å². The number of hydrogen-bond donors (Lipinski definition) is 0. The molecule has 3 rings (SSSR count). The molecule has 0 saturated carbocycles. The van der Waals surface area contributed by atoms with Crippen LogP contribution in [0.25, 0.3) is 6.08 Å². The zero-order valence-corrected chi connectivity index (χ0v) is 15.6. The Balaban J connectivity index is 1.88. The molecule has 1 aliphatic rings. The Morgan fingerprint density at radius 2 is 1.91 bits per heavy atom. The van der Waals surface area contributed by atoms with Gasteiger partial charge in [-0.1, -0.05) is 82.4 Å². The summed E-state index contributed by atoms with van der Waals surface area (Å²) >= 11 is 10.2. The number of carbonyl (C=O) groups excluding carboxylic acids is 1. The Kier molecular flexibility index (Phi) is 4.99. The molecule has 1 aliphatic heterocycles. The third kappa shape index (κ3) is 3.57. The van der Waals surface area contributed by atoms with E-state index < -0.39 is 0 Å². The minimum Gasteiger partial charge on any atom is -0.286 e. The van der Waals surface area contributed by atoms with E-state index >= 15 is 0 Å². The fourth-order valence-corrected chi connectivity index (χ4v) is 4.28. The van der Waals surface area contributed by atoms with Gasteiger partial charge in [0.05, 0.1) is 10.9 Å². The van der Waals surface area contributed by atoms with E-state index in [-0.39, 0.29) is 11.9 Å². The van der Waals surface area contributed by atoms with Gasteiger partial charge >= 0.3 is 0 Å². The molecule has 5 heteroatoms. The summed E-state index contributed by atoms with van der Waals surface area (Å²) in [6.45, 7) is 2.00. The maximum atomic E-state index is 12.8. The van der Waals surface area contributed by atoms with Gasteiger partial charge in [0.25, 0.3) is 5.91 Å². The summed E-state index contributed by atoms with van der Waals surface area (Å²) in [7, 11) is 0. The number of thioether (sulfide) groups is 1. The Hall–Kier alpha value is -1.43. The van der Waals surface area contributed by atoms with Crippen molar-refractivity contribution in [3.63, 3.8) is 0 Å². The molecule has 116 valence electrons. The van der Waals surface area contributed by atoms with Gasteiger partial charge in [0.2, 0.25) is 0 Å². The maximum Gasteiger partial charge on any atom is 0.266 e. The molecule has 0 spiro atoms. The van der Waals surface area contributed by atoms with E-state index in [1.165, 1.54) is 11.8 Å². The molecule has 0 N–H and O–H groups in total. The minimum absolute atomic E-state index is 0.0312. The van der Waals surface area contributed by atoms with E-state index in [0.29, 0.717) is 9.23 Å². The molecule has 1 atom stereocenters. The molecule has 1 unspecified atom stereocenters. The molecule has 0 aromatic heterocycles. The molecular weight excluding hydrogens is 390 g/mol. The zero-order valence-electron chi connectivity index (χ0n) is 12.4. The van der Waals surface area contributed by atoms with Crippen LogP contribution >= 0.6 is 39.9 Å². The number of thiocarbonyl (C=S) groups is 1. The maximum absolute atomic E-state index is 12.8. The summed E-state index contributed by atoms with van der Waals surface area (Å²) in [5, 5.41) is 0. The molecule has 0 aliphatic carbocycles. The smallest absolute Gasteiger partial charge is 0.266 e. The van der Waals surface area contributed by atoms with E-state index in [1.54, 1.807) is 4.90 Å². The number of hydrogen-bond acceptors (Lipinski definition) is 3. The lowest BCUT2D eigenvalue weighted by Gasteiger charge is -2.23. The Bertz CT molecular complexity index is 789. The molecule has 2 aromatic rings. The second-order valence-corrected chi connectivity index (χ2v) is 7.78. The first kappa shape index (κ1) is 16.4. The summed E-state index contributed by atoms with van der Waals surface area (Å²) in [6, 6.07) is 17.7. The van der Waals surface area contributed by atoms with Gasteiger partial charge in [0.15, 0.2) is 0 Å². The number of carbonyl (C=O) groups is 1. The largest absolute Gasteiger partial charge is 0.286 e. The number of nitrogens with zero attached hydrogens (tertiary/aromatic N) is 1. The quantitative estimate of drug-likeness (QED) is 0.504. The highest BCUT2D eigenvalue weighted by atomic mass is 79.9. The van der Waals surface area contributed by atoms with Crippen molar-refractivity contribution in [1.29, 1.82) is 0 Å². The number of benzene rings is 2. The van der Waals surface area contributed by atoms with E-state index in [2.05, 4.69) is 15.9 Å². The van der Waals surface area contributed by atoms with Gasteiger partial charge < -0.3 is 0 Å². The lowest BCUT2D eigenvalue weighted by Crippen LogP contribution is -2.30. The van der Waals surface area contributed by atoms with E-state index in [4.69, 9.17) is 12.2 Å². The SMILES string of the molecule is CC(c1ccccc1)N1C(=O)/C(=C/c2cccc(Br)c2)SC1=S. The summed E-state index contributed by atoms with van der Waals surface area (Å²) < 4.78 is 1.59. The molecule has 2 aromatic carbocycles. The highest BCUT2D eigenvalue weighted by Crippen LogP contribution is 2.38. The molecule has 2 nitrogen and oxygen atoms in total. The molecule has 0 radical (unpaired) electrons. The van der Waals surface area contributed by atoms with Crippen molar-refractivity contribution >= 4 is 56.2 Å². The first-order chi connectivity index (χ1) is 11.1. The molecule has 23 heavy (non-hydrogen) atoms. The molecule has 0 bridgehead atoms. The predicted molar refractivity (Wildman–Crippen MR) is 104 cm³/mol. The van der Waals surface area contributed by atoms with Crippen LogP contribution in [0, 0.1) is 0 Å². The third-order valence-electron chi connectivity index (χ3n) is 3.64. The standard InChI is InChI=1S/C18H14BrNOS2/c1-12(14-7-3-2-4-8-14)20-17(21)16(23-18(20)22)11-13-6-5-9-15(19)10-13/h2-12H,1H3/b16-11-. The van der Waals surface area contributed by atoms with Crippen LogP contribution in [0.3, 0.4) is 0 Å². The van der Waals surface area contributed by atoms with Crippen molar-refractivity contribution in [2.45, 2.75) is 13.0 Å². The van der Waals surface area contributed by atoms with Crippen LogP contribution in [-0.2, 0) is 4.79 Å². The summed E-state index contributed by atoms with van der Waals surface area (Å²) in [5.74, 6) is -0.0312. The lowest BCUT2D eigenvalue weighted by atomic mass is 10.1. The predicted octanol–water partition coefficient (Wildman–Crippen LogP) is 5.41. The van der Waals surface area contributed by atoms with Crippen LogP contribution in [0.2, 0.25) is 0 Å². The zero-order chi connectivity index (χ0) is 16.4. The Labute approximate surface area is 153 Å². The number of halogens is 1. The van der Waals surface area contributed by atoms with E-state index in [0.717, 1.165) is 15.6 Å². The monoisotopic (exact) mass is 403 g/mol. The van der Waals surface area contributed by atoms with Crippen LogP contribution in [-0.4, -0.2) is 15.1 Å². The Morgan fingerprint density at radius 1 is 1.17 bits per heavy atom. The second-order valence-electron chi connectivity index (χ2n) is 5.19. The van der Waals surface area contributed by atoms with Crippen LogP contribution in [0.4, 0.5) is 0 Å². The van der Waals surface area contributed by atoms with Gasteiger partial charge in [-0.05, 0) is 36.3 Å². The van der Waals surface area contributed by atoms with Gasteiger partial charge in [-0.2, -0.15) is 0 Å². The highest BCUT2D eigenvalue weighted by molar-refractivity contribution is 9.10.